The molecule has 4 aromatic rings. The van der Waals surface area contributed by atoms with Crippen LogP contribution >= 0.6 is 0 Å². The van der Waals surface area contributed by atoms with E-state index in [1.54, 1.807) is 10.6 Å². The number of nitrogens with one attached hydrogen (secondary N) is 1. The molecule has 1 atom stereocenters. The Balaban J connectivity index is 1.45. The van der Waals surface area contributed by atoms with Gasteiger partial charge in [-0.15, -0.1) is 0 Å². The smallest absolute Gasteiger partial charge is 0.420 e. The first-order valence-corrected chi connectivity index (χ1v) is 13.4. The summed E-state index contributed by atoms with van der Waals surface area (Å²) in [5.41, 5.74) is 2.98. The highest BCUT2D eigenvalue weighted by Crippen LogP contribution is 2.34. The lowest BCUT2D eigenvalue weighted by Gasteiger charge is -2.35. The third kappa shape index (κ3) is 6.09. The molecule has 0 spiro atoms. The summed E-state index contributed by atoms with van der Waals surface area (Å²) in [6, 6.07) is 14.7. The van der Waals surface area contributed by atoms with Gasteiger partial charge in [0.15, 0.2) is 0 Å². The largest absolute Gasteiger partial charge is 0.443 e. The zero-order chi connectivity index (χ0) is 28.3. The van der Waals surface area contributed by atoms with Gasteiger partial charge in [-0.05, 0) is 69.9 Å². The Morgan fingerprint density at radius 2 is 2.00 bits per heavy atom. The predicted octanol–water partition coefficient (Wildman–Crippen LogP) is 5.51. The van der Waals surface area contributed by atoms with Gasteiger partial charge in [-0.2, -0.15) is 0 Å². The lowest BCUT2D eigenvalue weighted by Crippen LogP contribution is -2.37. The third-order valence-electron chi connectivity index (χ3n) is 6.82. The first-order valence-electron chi connectivity index (χ1n) is 13.4. The molecule has 1 N–H and O–H groups in total. The van der Waals surface area contributed by atoms with Crippen molar-refractivity contribution in [3.8, 4) is 0 Å². The van der Waals surface area contributed by atoms with Gasteiger partial charge >= 0.3 is 6.09 Å². The van der Waals surface area contributed by atoms with Gasteiger partial charge in [0.05, 0.1) is 34.2 Å². The van der Waals surface area contributed by atoms with Gasteiger partial charge in [-0.25, -0.2) is 19.3 Å². The van der Waals surface area contributed by atoms with Gasteiger partial charge in [-0.3, -0.25) is 20.0 Å². The second kappa shape index (κ2) is 11.4. The van der Waals surface area contributed by atoms with Gasteiger partial charge in [-0.1, -0.05) is 18.2 Å². The van der Waals surface area contributed by atoms with Crippen LogP contribution in [0.4, 0.5) is 16.3 Å². The van der Waals surface area contributed by atoms with E-state index in [0.29, 0.717) is 36.8 Å². The van der Waals surface area contributed by atoms with Gasteiger partial charge in [0.25, 0.3) is 5.69 Å². The van der Waals surface area contributed by atoms with Crippen molar-refractivity contribution >= 4 is 28.6 Å². The van der Waals surface area contributed by atoms with Crippen molar-refractivity contribution < 1.29 is 14.5 Å². The van der Waals surface area contributed by atoms with E-state index in [1.165, 1.54) is 17.8 Å². The second-order valence-corrected chi connectivity index (χ2v) is 10.8. The van der Waals surface area contributed by atoms with Gasteiger partial charge in [0.2, 0.25) is 0 Å². The van der Waals surface area contributed by atoms with Crippen LogP contribution in [0.3, 0.4) is 0 Å². The van der Waals surface area contributed by atoms with Crippen LogP contribution in [0.2, 0.25) is 0 Å². The molecule has 0 amide bonds. The fourth-order valence-corrected chi connectivity index (χ4v) is 5.09. The second-order valence-electron chi connectivity index (χ2n) is 10.8. The summed E-state index contributed by atoms with van der Waals surface area (Å²) in [6.07, 6.45) is 5.53. The van der Waals surface area contributed by atoms with Crippen LogP contribution in [0.1, 0.15) is 56.7 Å². The van der Waals surface area contributed by atoms with Crippen molar-refractivity contribution in [1.82, 2.24) is 24.4 Å². The number of benzene rings is 1. The van der Waals surface area contributed by atoms with Crippen molar-refractivity contribution in [2.45, 2.75) is 58.2 Å². The first kappa shape index (κ1) is 27.2. The molecule has 0 saturated carbocycles. The van der Waals surface area contributed by atoms with E-state index in [-0.39, 0.29) is 11.7 Å². The molecule has 11 nitrogen and oxygen atoms in total. The summed E-state index contributed by atoms with van der Waals surface area (Å²) in [6.45, 7) is 7.05. The molecule has 11 heteroatoms. The van der Waals surface area contributed by atoms with Crippen LogP contribution in [-0.2, 0) is 17.7 Å². The minimum absolute atomic E-state index is 0.0310. The Bertz CT molecular complexity index is 1510. The summed E-state index contributed by atoms with van der Waals surface area (Å²) >= 11 is 0. The van der Waals surface area contributed by atoms with Crippen LogP contribution < -0.4 is 5.32 Å². The Labute approximate surface area is 232 Å². The zero-order valence-corrected chi connectivity index (χ0v) is 22.9. The maximum absolute atomic E-state index is 13.4. The normalized spacial score (nSPS) is 15.2. The van der Waals surface area contributed by atoms with Crippen molar-refractivity contribution in [3.63, 3.8) is 0 Å². The van der Waals surface area contributed by atoms with E-state index in [1.807, 2.05) is 57.3 Å². The van der Waals surface area contributed by atoms with Crippen molar-refractivity contribution in [1.29, 1.82) is 0 Å². The summed E-state index contributed by atoms with van der Waals surface area (Å²) in [5.74, 6) is 1.14. The molecule has 0 bridgehead atoms. The molecule has 3 heterocycles. The van der Waals surface area contributed by atoms with Crippen LogP contribution in [0.15, 0.2) is 60.9 Å². The quantitative estimate of drug-likeness (QED) is 0.226. The van der Waals surface area contributed by atoms with Gasteiger partial charge in [0, 0.05) is 25.4 Å². The molecule has 0 saturated heterocycles. The maximum Gasteiger partial charge on any atom is 0.420 e. The minimum atomic E-state index is -0.659. The van der Waals surface area contributed by atoms with Gasteiger partial charge < -0.3 is 10.1 Å². The molecule has 0 aliphatic heterocycles. The number of carbonyl (C=O) groups is 1. The van der Waals surface area contributed by atoms with Crippen molar-refractivity contribution in [3.05, 3.63) is 88.1 Å². The van der Waals surface area contributed by atoms with Crippen LogP contribution in [0.25, 0.3) is 11.0 Å². The lowest BCUT2D eigenvalue weighted by atomic mass is 9.90. The Morgan fingerprint density at radius 3 is 2.75 bits per heavy atom. The average Bonchev–Trinajstić information content (AvgIpc) is 3.29. The molecule has 3 aromatic heterocycles. The minimum Gasteiger partial charge on any atom is -0.443 e. The van der Waals surface area contributed by atoms with Crippen LogP contribution in [0.5, 0.6) is 0 Å². The number of ether oxygens (including phenoxy) is 1. The highest BCUT2D eigenvalue weighted by Gasteiger charge is 2.30. The number of pyridine rings is 2. The molecule has 0 radical (unpaired) electrons. The van der Waals surface area contributed by atoms with Crippen molar-refractivity contribution in [2.75, 3.05) is 18.4 Å². The summed E-state index contributed by atoms with van der Waals surface area (Å²) in [4.78, 5) is 39.9. The summed E-state index contributed by atoms with van der Waals surface area (Å²) < 4.78 is 7.33. The standard InChI is InChI=1S/C29H33N7O4/c1-29(2,3)40-28(37)35-23-11-5-4-10-22(23)33-26(35)19-34(24-12-6-8-20-9-7-15-31-27(20)24)17-16-30-25-14-13-21(18-32-25)36(38)39/h4-5,7,9-11,13-15,18,24H,6,8,12,16-17,19H2,1-3H3,(H,30,32). The molecule has 1 aliphatic carbocycles. The molecule has 1 aromatic carbocycles. The number of carbonyl (C=O) groups excluding carboxylic acids is 1. The predicted molar refractivity (Wildman–Crippen MR) is 151 cm³/mol. The number of hydrogen-bond donors (Lipinski definition) is 1. The van der Waals surface area contributed by atoms with Crippen LogP contribution in [-0.4, -0.2) is 54.1 Å². The number of fused-ring (bicyclic) bond motifs is 2. The number of nitro groups is 1. The molecule has 1 aliphatic rings. The molecule has 0 fully saturated rings. The number of hydrogen-bond acceptors (Lipinski definition) is 9. The summed E-state index contributed by atoms with van der Waals surface area (Å²) in [5, 5.41) is 14.2. The Hall–Kier alpha value is -4.38. The van der Waals surface area contributed by atoms with E-state index in [2.05, 4.69) is 21.3 Å². The fourth-order valence-electron chi connectivity index (χ4n) is 5.09. The molecule has 208 valence electrons. The third-order valence-corrected chi connectivity index (χ3v) is 6.82. The molecular formula is C29H33N7O4. The Kier molecular flexibility index (Phi) is 7.74. The Morgan fingerprint density at radius 1 is 1.18 bits per heavy atom. The molecular weight excluding hydrogens is 510 g/mol. The van der Waals surface area contributed by atoms with E-state index in [4.69, 9.17) is 14.7 Å². The average molecular weight is 544 g/mol. The van der Waals surface area contributed by atoms with E-state index >= 15 is 0 Å². The number of rotatable bonds is 8. The molecule has 40 heavy (non-hydrogen) atoms. The number of para-hydroxylation sites is 2. The van der Waals surface area contributed by atoms with Crippen LogP contribution in [0, 0.1) is 10.1 Å². The number of nitrogens with zero attached hydrogens (tertiary/aromatic N) is 6. The highest BCUT2D eigenvalue weighted by molar-refractivity contribution is 5.87. The van der Waals surface area contributed by atoms with E-state index < -0.39 is 16.6 Å². The number of imidazole rings is 1. The monoisotopic (exact) mass is 543 g/mol. The molecule has 5 rings (SSSR count). The van der Waals surface area contributed by atoms with Gasteiger partial charge in [0.1, 0.15) is 23.4 Å². The SMILES string of the molecule is CC(C)(C)OC(=O)n1c(CN(CCNc2ccc([N+](=O)[O-])cn2)C2CCCc3cccnc32)nc2ccccc21. The number of anilines is 1. The maximum atomic E-state index is 13.4. The first-order chi connectivity index (χ1) is 19.2. The van der Waals surface area contributed by atoms with E-state index in [9.17, 15) is 14.9 Å². The van der Waals surface area contributed by atoms with Crippen molar-refractivity contribution in [2.24, 2.45) is 0 Å². The topological polar surface area (TPSA) is 128 Å². The highest BCUT2D eigenvalue weighted by atomic mass is 16.6. The number of aryl methyl sites for hydroxylation is 1. The summed E-state index contributed by atoms with van der Waals surface area (Å²) in [7, 11) is 0. The number of aromatic nitrogens is 4. The zero-order valence-electron chi connectivity index (χ0n) is 22.9. The molecule has 1 unspecified atom stereocenters. The lowest BCUT2D eigenvalue weighted by molar-refractivity contribution is -0.385. The fraction of sp³-hybridized carbons (Fsp3) is 0.379. The van der Waals surface area contributed by atoms with E-state index in [0.717, 1.165) is 30.5 Å².